The Labute approximate surface area is 132 Å². The van der Waals surface area contributed by atoms with Crippen LogP contribution in [0.25, 0.3) is 0 Å². The van der Waals surface area contributed by atoms with Gasteiger partial charge in [-0.05, 0) is 23.7 Å². The molecule has 0 aliphatic rings. The zero-order valence-electron chi connectivity index (χ0n) is 9.30. The fourth-order valence-corrected chi connectivity index (χ4v) is 3.16. The summed E-state index contributed by atoms with van der Waals surface area (Å²) in [5.74, 6) is -0.509. The minimum Gasteiger partial charge on any atom is -0.319 e. The minimum atomic E-state index is -3.96. The molecule has 11 heteroatoms. The van der Waals surface area contributed by atoms with Gasteiger partial charge in [-0.1, -0.05) is 27.7 Å². The molecular weight excluding hydrogens is 369 g/mol. The molecule has 1 aromatic carbocycles. The predicted octanol–water partition coefficient (Wildman–Crippen LogP) is 3.02. The second kappa shape index (κ2) is 5.82. The molecule has 1 heterocycles. The first-order valence-electron chi connectivity index (χ1n) is 4.81. The van der Waals surface area contributed by atoms with Crippen LogP contribution in [0.1, 0.15) is 9.67 Å². The average molecular weight is 373 g/mol. The predicted molar refractivity (Wildman–Crippen MR) is 77.4 cm³/mol. The summed E-state index contributed by atoms with van der Waals surface area (Å²) >= 11 is 12.7. The summed E-state index contributed by atoms with van der Waals surface area (Å²) in [6.07, 6.45) is 1.28. The Bertz CT molecular complexity index is 739. The molecular formula is C9H4Cl3N3O3S2. The molecule has 6 nitrogen and oxygen atoms in total. The Morgan fingerprint density at radius 1 is 1.25 bits per heavy atom. The first-order valence-corrected chi connectivity index (χ1v) is 8.65. The van der Waals surface area contributed by atoms with E-state index in [0.717, 1.165) is 23.7 Å². The Hall–Kier alpha value is -0.930. The third-order valence-corrected chi connectivity index (χ3v) is 4.71. The lowest BCUT2D eigenvalue weighted by Gasteiger charge is -2.09. The van der Waals surface area contributed by atoms with Crippen molar-refractivity contribution in [3.05, 3.63) is 33.3 Å². The fraction of sp³-hybridized carbons (Fsp3) is 0. The molecule has 0 radical (unpaired) electrons. The van der Waals surface area contributed by atoms with Crippen LogP contribution in [0.4, 0.5) is 5.69 Å². The number of carbonyl (C=O) groups excluding carboxylic acids is 1. The molecule has 1 amide bonds. The highest BCUT2D eigenvalue weighted by Gasteiger charge is 2.18. The number of hydrogen-bond donors (Lipinski definition) is 1. The molecule has 0 aliphatic heterocycles. The molecule has 2 rings (SSSR count). The van der Waals surface area contributed by atoms with Gasteiger partial charge < -0.3 is 5.32 Å². The number of rotatable bonds is 3. The topological polar surface area (TPSA) is 89.0 Å². The first kappa shape index (κ1) is 15.5. The van der Waals surface area contributed by atoms with E-state index in [1.807, 2.05) is 0 Å². The van der Waals surface area contributed by atoms with Crippen molar-refractivity contribution < 1.29 is 13.2 Å². The molecule has 0 spiro atoms. The van der Waals surface area contributed by atoms with Gasteiger partial charge in [0.2, 0.25) is 0 Å². The van der Waals surface area contributed by atoms with Crippen molar-refractivity contribution >= 4 is 66.1 Å². The maximum absolute atomic E-state index is 11.8. The van der Waals surface area contributed by atoms with Crippen LogP contribution in [0.2, 0.25) is 10.0 Å². The number of nitrogens with one attached hydrogen (secondary N) is 1. The van der Waals surface area contributed by atoms with Crippen molar-refractivity contribution in [2.75, 3.05) is 5.32 Å². The Balaban J connectivity index is 2.37. The van der Waals surface area contributed by atoms with Crippen LogP contribution in [0.15, 0.2) is 23.2 Å². The second-order valence-electron chi connectivity index (χ2n) is 3.44. The van der Waals surface area contributed by atoms with Crippen LogP contribution in [0.3, 0.4) is 0 Å². The van der Waals surface area contributed by atoms with Gasteiger partial charge in [-0.15, -0.1) is 5.10 Å². The molecule has 1 N–H and O–H groups in total. The van der Waals surface area contributed by atoms with Crippen LogP contribution >= 0.6 is 45.4 Å². The van der Waals surface area contributed by atoms with E-state index in [-0.39, 0.29) is 25.5 Å². The molecule has 0 unspecified atom stereocenters. The number of anilines is 1. The Morgan fingerprint density at radius 2 is 1.85 bits per heavy atom. The smallest absolute Gasteiger partial charge is 0.269 e. The number of carbonyl (C=O) groups is 1. The summed E-state index contributed by atoms with van der Waals surface area (Å²) < 4.78 is 26.0. The Kier molecular flexibility index (Phi) is 4.50. The van der Waals surface area contributed by atoms with Gasteiger partial charge in [0.05, 0.1) is 26.8 Å². The van der Waals surface area contributed by atoms with Gasteiger partial charge in [0.25, 0.3) is 15.0 Å². The number of aromatic nitrogens is 2. The van der Waals surface area contributed by atoms with Gasteiger partial charge in [-0.2, -0.15) is 0 Å². The molecule has 0 bridgehead atoms. The van der Waals surface area contributed by atoms with E-state index in [0.29, 0.717) is 0 Å². The number of amides is 1. The van der Waals surface area contributed by atoms with Gasteiger partial charge in [0, 0.05) is 10.7 Å². The van der Waals surface area contributed by atoms with Crippen LogP contribution in [-0.2, 0) is 9.05 Å². The van der Waals surface area contributed by atoms with Crippen molar-refractivity contribution in [2.45, 2.75) is 4.90 Å². The summed E-state index contributed by atoms with van der Waals surface area (Å²) in [6.45, 7) is 0. The highest BCUT2D eigenvalue weighted by molar-refractivity contribution is 8.13. The van der Waals surface area contributed by atoms with Crippen LogP contribution in [0, 0.1) is 0 Å². The molecule has 20 heavy (non-hydrogen) atoms. The van der Waals surface area contributed by atoms with Crippen LogP contribution < -0.4 is 5.32 Å². The lowest BCUT2D eigenvalue weighted by molar-refractivity contribution is 0.103. The zero-order chi connectivity index (χ0) is 14.9. The summed E-state index contributed by atoms with van der Waals surface area (Å²) in [5, 5.41) is 5.86. The van der Waals surface area contributed by atoms with E-state index in [1.54, 1.807) is 0 Å². The summed E-state index contributed by atoms with van der Waals surface area (Å²) in [7, 11) is 1.23. The monoisotopic (exact) mass is 371 g/mol. The molecule has 0 saturated heterocycles. The van der Waals surface area contributed by atoms with Gasteiger partial charge >= 0.3 is 0 Å². The quantitative estimate of drug-likeness (QED) is 0.837. The van der Waals surface area contributed by atoms with Crippen molar-refractivity contribution in [3.63, 3.8) is 0 Å². The van der Waals surface area contributed by atoms with Crippen molar-refractivity contribution in [2.24, 2.45) is 0 Å². The largest absolute Gasteiger partial charge is 0.319 e. The van der Waals surface area contributed by atoms with Gasteiger partial charge in [0.1, 0.15) is 4.88 Å². The Morgan fingerprint density at radius 3 is 2.30 bits per heavy atom. The molecule has 2 aromatic rings. The number of halogens is 3. The maximum Gasteiger partial charge on any atom is 0.269 e. The van der Waals surface area contributed by atoms with E-state index in [2.05, 4.69) is 14.9 Å². The molecule has 0 saturated carbocycles. The van der Waals surface area contributed by atoms with Crippen molar-refractivity contribution in [1.29, 1.82) is 0 Å². The average Bonchev–Trinajstić information content (AvgIpc) is 2.85. The van der Waals surface area contributed by atoms with Crippen LogP contribution in [-0.4, -0.2) is 23.9 Å². The molecule has 0 fully saturated rings. The van der Waals surface area contributed by atoms with Gasteiger partial charge in [0.15, 0.2) is 0 Å². The summed E-state index contributed by atoms with van der Waals surface area (Å²) in [4.78, 5) is 11.8. The van der Waals surface area contributed by atoms with E-state index in [9.17, 15) is 13.2 Å². The van der Waals surface area contributed by atoms with E-state index in [1.165, 1.54) is 6.20 Å². The molecule has 1 aromatic heterocycles. The first-order chi connectivity index (χ1) is 9.29. The lowest BCUT2D eigenvalue weighted by atomic mass is 10.3. The second-order valence-corrected chi connectivity index (χ2v) is 7.60. The SMILES string of the molecule is O=C(Nc1c(Cl)cc(S(=O)(=O)Cl)cc1Cl)c1cnns1. The third-order valence-electron chi connectivity index (χ3n) is 2.12. The third kappa shape index (κ3) is 3.39. The molecule has 0 atom stereocenters. The molecule has 0 aliphatic carbocycles. The lowest BCUT2D eigenvalue weighted by Crippen LogP contribution is -2.11. The number of nitrogens with zero attached hydrogens (tertiary/aromatic N) is 2. The number of benzene rings is 1. The number of hydrogen-bond acceptors (Lipinski definition) is 6. The van der Waals surface area contributed by atoms with Gasteiger partial charge in [-0.25, -0.2) is 8.42 Å². The fourth-order valence-electron chi connectivity index (χ4n) is 1.25. The zero-order valence-corrected chi connectivity index (χ0v) is 13.2. The highest BCUT2D eigenvalue weighted by atomic mass is 35.7. The standard InChI is InChI=1S/C9H4Cl3N3O3S2/c10-5-1-4(20(12,17)18)2-6(11)8(5)14-9(16)7-3-13-15-19-7/h1-3H,(H,14,16). The molecule has 106 valence electrons. The van der Waals surface area contributed by atoms with Gasteiger partial charge in [-0.3, -0.25) is 4.79 Å². The van der Waals surface area contributed by atoms with Crippen LogP contribution in [0.5, 0.6) is 0 Å². The van der Waals surface area contributed by atoms with Crippen molar-refractivity contribution in [3.8, 4) is 0 Å². The normalized spacial score (nSPS) is 11.3. The van der Waals surface area contributed by atoms with E-state index < -0.39 is 15.0 Å². The van der Waals surface area contributed by atoms with E-state index in [4.69, 9.17) is 33.9 Å². The summed E-state index contributed by atoms with van der Waals surface area (Å²) in [5.41, 5.74) is 0.0794. The summed E-state index contributed by atoms with van der Waals surface area (Å²) in [6, 6.07) is 2.19. The minimum absolute atomic E-state index is 0.0532. The highest BCUT2D eigenvalue weighted by Crippen LogP contribution is 2.34. The van der Waals surface area contributed by atoms with Crippen molar-refractivity contribution in [1.82, 2.24) is 9.59 Å². The maximum atomic E-state index is 11.8. The van der Waals surface area contributed by atoms with E-state index >= 15 is 0 Å².